The van der Waals surface area contributed by atoms with Crippen molar-refractivity contribution < 1.29 is 4.74 Å². The van der Waals surface area contributed by atoms with Crippen molar-refractivity contribution in [2.45, 2.75) is 13.5 Å². The van der Waals surface area contributed by atoms with Gasteiger partial charge in [-0.25, -0.2) is 0 Å². The number of aryl methyl sites for hydroxylation is 1. The molecule has 0 atom stereocenters. The third-order valence-electron chi connectivity index (χ3n) is 4.71. The Balaban J connectivity index is 1.69. The molecular formula is C25H19Cl2NO. The number of rotatable bonds is 5. The first kappa shape index (κ1) is 19.5. The quantitative estimate of drug-likeness (QED) is 0.302. The lowest BCUT2D eigenvalue weighted by Crippen LogP contribution is -2.00. The molecular weight excluding hydrogens is 401 g/mol. The van der Waals surface area contributed by atoms with Crippen molar-refractivity contribution in [3.8, 4) is 5.75 Å². The normalized spacial score (nSPS) is 11.3. The van der Waals surface area contributed by atoms with E-state index >= 15 is 0 Å². The maximum atomic E-state index is 6.29. The predicted molar refractivity (Wildman–Crippen MR) is 123 cm³/mol. The average molecular weight is 420 g/mol. The number of hydrogen-bond donors (Lipinski definition) is 0. The maximum Gasteiger partial charge on any atom is 0.129 e. The van der Waals surface area contributed by atoms with Gasteiger partial charge in [0.2, 0.25) is 0 Å². The van der Waals surface area contributed by atoms with Crippen LogP contribution < -0.4 is 4.74 Å². The number of aliphatic imine (C=N–C) groups is 1. The summed E-state index contributed by atoms with van der Waals surface area (Å²) in [5.74, 6) is 0.755. The van der Waals surface area contributed by atoms with Crippen LogP contribution in [0.1, 0.15) is 16.7 Å². The van der Waals surface area contributed by atoms with Gasteiger partial charge in [0.1, 0.15) is 12.4 Å². The first-order valence-electron chi connectivity index (χ1n) is 9.29. The molecule has 0 bridgehead atoms. The Labute approximate surface area is 180 Å². The Bertz CT molecular complexity index is 1180. The number of hydrogen-bond acceptors (Lipinski definition) is 2. The van der Waals surface area contributed by atoms with Crippen molar-refractivity contribution in [3.05, 3.63) is 106 Å². The lowest BCUT2D eigenvalue weighted by atomic mass is 10.0. The van der Waals surface area contributed by atoms with Gasteiger partial charge in [-0.2, -0.15) is 0 Å². The molecule has 2 nitrogen and oxygen atoms in total. The highest BCUT2D eigenvalue weighted by Crippen LogP contribution is 2.29. The highest BCUT2D eigenvalue weighted by molar-refractivity contribution is 6.35. The van der Waals surface area contributed by atoms with Gasteiger partial charge in [0.15, 0.2) is 0 Å². The Morgan fingerprint density at radius 3 is 2.48 bits per heavy atom. The van der Waals surface area contributed by atoms with Crippen LogP contribution in [0, 0.1) is 6.92 Å². The molecule has 0 aliphatic rings. The van der Waals surface area contributed by atoms with Crippen LogP contribution in [0.2, 0.25) is 10.0 Å². The first-order chi connectivity index (χ1) is 14.1. The van der Waals surface area contributed by atoms with E-state index in [4.69, 9.17) is 27.9 Å². The molecule has 0 heterocycles. The summed E-state index contributed by atoms with van der Waals surface area (Å²) in [5.41, 5.74) is 3.92. The Kier molecular flexibility index (Phi) is 5.84. The Morgan fingerprint density at radius 2 is 1.69 bits per heavy atom. The van der Waals surface area contributed by atoms with Gasteiger partial charge in [-0.3, -0.25) is 4.99 Å². The van der Waals surface area contributed by atoms with Crippen LogP contribution in [0.5, 0.6) is 5.75 Å². The van der Waals surface area contributed by atoms with E-state index in [1.54, 1.807) is 6.07 Å². The molecule has 0 unspecified atom stereocenters. The van der Waals surface area contributed by atoms with Crippen molar-refractivity contribution >= 4 is 45.9 Å². The fraction of sp³-hybridized carbons (Fsp3) is 0.0800. The van der Waals surface area contributed by atoms with E-state index in [0.29, 0.717) is 16.7 Å². The molecule has 4 heteroatoms. The lowest BCUT2D eigenvalue weighted by Gasteiger charge is -2.13. The fourth-order valence-corrected chi connectivity index (χ4v) is 3.56. The molecule has 0 aliphatic heterocycles. The second-order valence-electron chi connectivity index (χ2n) is 6.82. The number of halogens is 2. The molecule has 144 valence electrons. The van der Waals surface area contributed by atoms with Gasteiger partial charge in [0.25, 0.3) is 0 Å². The van der Waals surface area contributed by atoms with E-state index in [0.717, 1.165) is 33.3 Å². The minimum Gasteiger partial charge on any atom is -0.488 e. The molecule has 0 aromatic heterocycles. The monoisotopic (exact) mass is 419 g/mol. The topological polar surface area (TPSA) is 21.6 Å². The summed E-state index contributed by atoms with van der Waals surface area (Å²) in [6, 6.07) is 25.8. The van der Waals surface area contributed by atoms with E-state index in [1.807, 2.05) is 48.7 Å². The summed E-state index contributed by atoms with van der Waals surface area (Å²) in [4.78, 5) is 4.66. The van der Waals surface area contributed by atoms with E-state index in [2.05, 4.69) is 42.2 Å². The molecule has 4 aromatic carbocycles. The van der Waals surface area contributed by atoms with Gasteiger partial charge in [0.05, 0.1) is 5.69 Å². The largest absolute Gasteiger partial charge is 0.488 e. The highest BCUT2D eigenvalue weighted by Gasteiger charge is 2.09. The molecule has 0 amide bonds. The molecule has 0 saturated heterocycles. The van der Waals surface area contributed by atoms with Crippen LogP contribution in [0.4, 0.5) is 5.69 Å². The van der Waals surface area contributed by atoms with Crippen LogP contribution in [0.3, 0.4) is 0 Å². The number of nitrogens with zero attached hydrogens (tertiary/aromatic N) is 1. The summed E-state index contributed by atoms with van der Waals surface area (Å²) in [6.45, 7) is 2.41. The third-order valence-corrected chi connectivity index (χ3v) is 5.29. The molecule has 29 heavy (non-hydrogen) atoms. The van der Waals surface area contributed by atoms with Crippen LogP contribution in [-0.2, 0) is 6.61 Å². The van der Waals surface area contributed by atoms with E-state index in [-0.39, 0.29) is 0 Å². The maximum absolute atomic E-state index is 6.29. The molecule has 0 spiro atoms. The zero-order chi connectivity index (χ0) is 20.2. The standard InChI is InChI=1S/C25H19Cl2NO/c1-17-6-11-21(12-7-17)28-15-23-22-5-3-2-4-18(22)9-13-25(23)29-16-19-8-10-20(26)14-24(19)27/h2-15H,16H2,1H3. The fourth-order valence-electron chi connectivity index (χ4n) is 3.10. The molecule has 4 aromatic rings. The van der Waals surface area contributed by atoms with Crippen molar-refractivity contribution in [1.82, 2.24) is 0 Å². The summed E-state index contributed by atoms with van der Waals surface area (Å²) in [7, 11) is 0. The van der Waals surface area contributed by atoms with Crippen molar-refractivity contribution in [3.63, 3.8) is 0 Å². The van der Waals surface area contributed by atoms with Crippen LogP contribution >= 0.6 is 23.2 Å². The molecule has 0 aliphatic carbocycles. The van der Waals surface area contributed by atoms with Crippen molar-refractivity contribution in [1.29, 1.82) is 0 Å². The Morgan fingerprint density at radius 1 is 0.897 bits per heavy atom. The van der Waals surface area contributed by atoms with Crippen molar-refractivity contribution in [2.75, 3.05) is 0 Å². The predicted octanol–water partition coefficient (Wildman–Crippen LogP) is 7.78. The van der Waals surface area contributed by atoms with Gasteiger partial charge in [-0.15, -0.1) is 0 Å². The summed E-state index contributed by atoms with van der Waals surface area (Å²) < 4.78 is 6.14. The third kappa shape index (κ3) is 4.61. The lowest BCUT2D eigenvalue weighted by molar-refractivity contribution is 0.306. The van der Waals surface area contributed by atoms with Gasteiger partial charge in [-0.05, 0) is 48.0 Å². The minimum absolute atomic E-state index is 0.347. The molecule has 4 rings (SSSR count). The molecule has 0 fully saturated rings. The van der Waals surface area contributed by atoms with Gasteiger partial charge in [0, 0.05) is 27.4 Å². The smallest absolute Gasteiger partial charge is 0.129 e. The second-order valence-corrected chi connectivity index (χ2v) is 7.66. The molecule has 0 radical (unpaired) electrons. The number of fused-ring (bicyclic) bond motifs is 1. The number of benzene rings is 4. The second kappa shape index (κ2) is 8.69. The molecule has 0 saturated carbocycles. The van der Waals surface area contributed by atoms with Crippen LogP contribution in [0.15, 0.2) is 83.9 Å². The SMILES string of the molecule is Cc1ccc(N=Cc2c(OCc3ccc(Cl)cc3Cl)ccc3ccccc23)cc1. The zero-order valence-electron chi connectivity index (χ0n) is 15.9. The minimum atomic E-state index is 0.347. The van der Waals surface area contributed by atoms with E-state index in [9.17, 15) is 0 Å². The van der Waals surface area contributed by atoms with Crippen molar-refractivity contribution in [2.24, 2.45) is 4.99 Å². The van der Waals surface area contributed by atoms with E-state index in [1.165, 1.54) is 5.56 Å². The average Bonchev–Trinajstić information content (AvgIpc) is 2.73. The van der Waals surface area contributed by atoms with Crippen LogP contribution in [-0.4, -0.2) is 6.21 Å². The van der Waals surface area contributed by atoms with Crippen LogP contribution in [0.25, 0.3) is 10.8 Å². The van der Waals surface area contributed by atoms with Gasteiger partial charge < -0.3 is 4.74 Å². The summed E-state index contributed by atoms with van der Waals surface area (Å²) >= 11 is 12.3. The number of ether oxygens (including phenoxy) is 1. The summed E-state index contributed by atoms with van der Waals surface area (Å²) in [6.07, 6.45) is 1.87. The molecule has 0 N–H and O–H groups in total. The van der Waals surface area contributed by atoms with Gasteiger partial charge >= 0.3 is 0 Å². The highest BCUT2D eigenvalue weighted by atomic mass is 35.5. The summed E-state index contributed by atoms with van der Waals surface area (Å²) in [5, 5.41) is 3.42. The zero-order valence-corrected chi connectivity index (χ0v) is 17.4. The van der Waals surface area contributed by atoms with E-state index < -0.39 is 0 Å². The Hall–Kier alpha value is -2.81. The van der Waals surface area contributed by atoms with Gasteiger partial charge in [-0.1, -0.05) is 77.3 Å². The first-order valence-corrected chi connectivity index (χ1v) is 10.0.